The van der Waals surface area contributed by atoms with Crippen molar-refractivity contribution in [3.05, 3.63) is 12.2 Å². The van der Waals surface area contributed by atoms with E-state index < -0.39 is 0 Å². The first-order valence-electron chi connectivity index (χ1n) is 13.6. The van der Waals surface area contributed by atoms with Gasteiger partial charge in [0.25, 0.3) is 0 Å². The van der Waals surface area contributed by atoms with Gasteiger partial charge in [0, 0.05) is 0 Å². The van der Waals surface area contributed by atoms with Crippen LogP contribution in [0.4, 0.5) is 0 Å². The first-order chi connectivity index (χ1) is 14.7. The van der Waals surface area contributed by atoms with Crippen LogP contribution in [0, 0.1) is 58.2 Å². The van der Waals surface area contributed by atoms with E-state index in [1.807, 2.05) is 0 Å². The lowest BCUT2D eigenvalue weighted by molar-refractivity contribution is -0.103. The van der Waals surface area contributed by atoms with E-state index in [-0.39, 0.29) is 0 Å². The highest BCUT2D eigenvalue weighted by Crippen LogP contribution is 2.68. The van der Waals surface area contributed by atoms with E-state index >= 15 is 0 Å². The van der Waals surface area contributed by atoms with Crippen molar-refractivity contribution in [2.24, 2.45) is 63.3 Å². The number of oxime groups is 1. The number of hydrogen-bond acceptors (Lipinski definition) is 2. The molecular weight excluding hydrogens is 378 g/mol. The maximum atomic E-state index is 9.34. The van der Waals surface area contributed by atoms with Gasteiger partial charge in [-0.2, -0.15) is 0 Å². The first kappa shape index (κ1) is 23.4. The van der Waals surface area contributed by atoms with Gasteiger partial charge in [0.2, 0.25) is 0 Å². The Morgan fingerprint density at radius 2 is 1.71 bits per heavy atom. The van der Waals surface area contributed by atoms with Crippen LogP contribution in [-0.4, -0.2) is 10.9 Å². The lowest BCUT2D eigenvalue weighted by Crippen LogP contribution is -2.53. The van der Waals surface area contributed by atoms with E-state index in [2.05, 4.69) is 58.9 Å². The molecule has 0 aromatic rings. The molecule has 4 rings (SSSR count). The van der Waals surface area contributed by atoms with Gasteiger partial charge >= 0.3 is 0 Å². The zero-order valence-electron chi connectivity index (χ0n) is 21.2. The third kappa shape index (κ3) is 3.93. The van der Waals surface area contributed by atoms with Gasteiger partial charge in [-0.3, -0.25) is 0 Å². The van der Waals surface area contributed by atoms with Crippen molar-refractivity contribution in [3.63, 3.8) is 0 Å². The van der Waals surface area contributed by atoms with Crippen molar-refractivity contribution in [2.45, 2.75) is 106 Å². The number of nitrogens with zero attached hydrogens (tertiary/aromatic N) is 1. The van der Waals surface area contributed by atoms with Crippen molar-refractivity contribution in [3.8, 4) is 0 Å². The number of fused-ring (bicyclic) bond motifs is 5. The topological polar surface area (TPSA) is 32.6 Å². The van der Waals surface area contributed by atoms with Crippen LogP contribution in [0.2, 0.25) is 0 Å². The lowest BCUT2D eigenvalue weighted by atomic mass is 9.44. The van der Waals surface area contributed by atoms with Crippen LogP contribution in [0.3, 0.4) is 0 Å². The highest BCUT2D eigenvalue weighted by atomic mass is 16.4. The molecule has 0 radical (unpaired) electrons. The second kappa shape index (κ2) is 8.86. The van der Waals surface area contributed by atoms with Crippen molar-refractivity contribution >= 4 is 5.71 Å². The monoisotopic (exact) mass is 427 g/mol. The summed E-state index contributed by atoms with van der Waals surface area (Å²) in [6.07, 6.45) is 18.3. The Morgan fingerprint density at radius 1 is 0.968 bits per heavy atom. The number of allylic oxidation sites excluding steroid dienone is 2. The quantitative estimate of drug-likeness (QED) is 0.267. The summed E-state index contributed by atoms with van der Waals surface area (Å²) in [5.41, 5.74) is 2.09. The summed E-state index contributed by atoms with van der Waals surface area (Å²) in [7, 11) is 0. The Kier molecular flexibility index (Phi) is 6.68. The first-order valence-corrected chi connectivity index (χ1v) is 13.6. The molecule has 0 unspecified atom stereocenters. The Balaban J connectivity index is 1.49. The van der Waals surface area contributed by atoms with Crippen molar-refractivity contribution < 1.29 is 5.21 Å². The lowest BCUT2D eigenvalue weighted by Gasteiger charge is -2.60. The van der Waals surface area contributed by atoms with E-state index in [1.165, 1.54) is 51.4 Å². The summed E-state index contributed by atoms with van der Waals surface area (Å²) in [6, 6.07) is 0. The standard InChI is InChI=1S/C29H49NO/c1-7-21(19(2)3)9-8-20(4)25-12-13-26-24-11-10-22-18-23(30-31)14-16-28(22,5)27(24)15-17-29(25,26)6/h8-9,19-22,24-27,31H,7,10-18H2,1-6H3/b9-8+,30-23-/t20-,21-,22+,24+,25-,26+,27+,28+,29-/m1/s1. The van der Waals surface area contributed by atoms with E-state index in [4.69, 9.17) is 0 Å². The van der Waals surface area contributed by atoms with E-state index in [0.29, 0.717) is 16.7 Å². The molecule has 2 heteroatoms. The van der Waals surface area contributed by atoms with E-state index in [9.17, 15) is 5.21 Å². The van der Waals surface area contributed by atoms with Crippen molar-refractivity contribution in [1.82, 2.24) is 0 Å². The molecule has 31 heavy (non-hydrogen) atoms. The normalized spacial score (nSPS) is 46.0. The molecule has 0 spiro atoms. The Hall–Kier alpha value is -0.790. The smallest absolute Gasteiger partial charge is 0.0574 e. The summed E-state index contributed by atoms with van der Waals surface area (Å²) < 4.78 is 0. The summed E-state index contributed by atoms with van der Waals surface area (Å²) in [5.74, 6) is 6.58. The van der Waals surface area contributed by atoms with Crippen LogP contribution in [0.5, 0.6) is 0 Å². The minimum Gasteiger partial charge on any atom is -0.411 e. The van der Waals surface area contributed by atoms with Crippen molar-refractivity contribution in [2.75, 3.05) is 0 Å². The third-order valence-electron chi connectivity index (χ3n) is 11.3. The molecule has 0 aliphatic heterocycles. The fourth-order valence-electron chi connectivity index (χ4n) is 9.34. The molecule has 0 bridgehead atoms. The average Bonchev–Trinajstić information content (AvgIpc) is 3.10. The molecule has 4 aliphatic rings. The molecule has 4 saturated carbocycles. The Morgan fingerprint density at radius 3 is 2.39 bits per heavy atom. The second-order valence-electron chi connectivity index (χ2n) is 12.8. The van der Waals surface area contributed by atoms with Crippen LogP contribution < -0.4 is 0 Å². The molecule has 1 N–H and O–H groups in total. The maximum absolute atomic E-state index is 9.34. The number of rotatable bonds is 5. The Bertz CT molecular complexity index is 695. The van der Waals surface area contributed by atoms with Gasteiger partial charge in [-0.1, -0.05) is 58.9 Å². The van der Waals surface area contributed by atoms with Gasteiger partial charge in [-0.25, -0.2) is 0 Å². The van der Waals surface area contributed by atoms with Crippen LogP contribution in [0.25, 0.3) is 0 Å². The van der Waals surface area contributed by atoms with Crippen LogP contribution in [-0.2, 0) is 0 Å². The predicted octanol–water partition coefficient (Wildman–Crippen LogP) is 8.35. The van der Waals surface area contributed by atoms with Crippen LogP contribution in [0.15, 0.2) is 17.3 Å². The summed E-state index contributed by atoms with van der Waals surface area (Å²) in [5, 5.41) is 13.0. The predicted molar refractivity (Wildman–Crippen MR) is 131 cm³/mol. The largest absolute Gasteiger partial charge is 0.411 e. The highest BCUT2D eigenvalue weighted by molar-refractivity contribution is 5.85. The molecule has 0 aromatic heterocycles. The highest BCUT2D eigenvalue weighted by Gasteiger charge is 2.60. The van der Waals surface area contributed by atoms with Gasteiger partial charge in [-0.05, 0) is 122 Å². The Labute approximate surface area is 192 Å². The van der Waals surface area contributed by atoms with Gasteiger partial charge in [0.15, 0.2) is 0 Å². The van der Waals surface area contributed by atoms with E-state index in [0.717, 1.165) is 60.0 Å². The SMILES string of the molecule is CC[C@H](/C=C/[C@@H](C)[C@H]1CC[C@H]2[C@@H]3CC[C@H]4C/C(=N\O)CC[C@]4(C)[C@H]3CC[C@]12C)C(C)C. The van der Waals surface area contributed by atoms with E-state index in [1.54, 1.807) is 0 Å². The fourth-order valence-corrected chi connectivity index (χ4v) is 9.34. The number of hydrogen-bond donors (Lipinski definition) is 1. The zero-order valence-corrected chi connectivity index (χ0v) is 21.2. The van der Waals surface area contributed by atoms with Crippen LogP contribution in [0.1, 0.15) is 106 Å². The van der Waals surface area contributed by atoms with Gasteiger partial charge < -0.3 is 5.21 Å². The summed E-state index contributed by atoms with van der Waals surface area (Å²) >= 11 is 0. The average molecular weight is 428 g/mol. The molecule has 2 nitrogen and oxygen atoms in total. The molecular formula is C29H49NO. The van der Waals surface area contributed by atoms with Gasteiger partial charge in [-0.15, -0.1) is 0 Å². The minimum atomic E-state index is 0.480. The minimum absolute atomic E-state index is 0.480. The molecule has 0 saturated heterocycles. The van der Waals surface area contributed by atoms with Crippen LogP contribution >= 0.6 is 0 Å². The fraction of sp³-hybridized carbons (Fsp3) is 0.897. The molecule has 0 heterocycles. The van der Waals surface area contributed by atoms with Crippen molar-refractivity contribution in [1.29, 1.82) is 0 Å². The molecule has 0 aromatic carbocycles. The maximum Gasteiger partial charge on any atom is 0.0574 e. The van der Waals surface area contributed by atoms with Gasteiger partial charge in [0.1, 0.15) is 0 Å². The summed E-state index contributed by atoms with van der Waals surface area (Å²) in [6.45, 7) is 14.9. The summed E-state index contributed by atoms with van der Waals surface area (Å²) in [4.78, 5) is 0. The molecule has 9 atom stereocenters. The molecule has 0 amide bonds. The second-order valence-corrected chi connectivity index (χ2v) is 12.8. The zero-order chi connectivity index (χ0) is 22.4. The molecule has 4 aliphatic carbocycles. The van der Waals surface area contributed by atoms with Gasteiger partial charge in [0.05, 0.1) is 5.71 Å². The molecule has 4 fully saturated rings. The molecule has 176 valence electrons. The third-order valence-corrected chi connectivity index (χ3v) is 11.3.